The van der Waals surface area contributed by atoms with Crippen LogP contribution in [0, 0.1) is 12.3 Å². The van der Waals surface area contributed by atoms with Crippen LogP contribution in [-0.4, -0.2) is 12.1 Å². The Kier molecular flexibility index (Phi) is 4.79. The van der Waals surface area contributed by atoms with Gasteiger partial charge in [0.05, 0.1) is 0 Å². The van der Waals surface area contributed by atoms with E-state index in [0.29, 0.717) is 5.41 Å². The maximum Gasteiger partial charge on any atom is 0.00967 e. The van der Waals surface area contributed by atoms with Gasteiger partial charge in [-0.15, -0.1) is 11.3 Å². The molecule has 1 nitrogen and oxygen atoms in total. The van der Waals surface area contributed by atoms with Crippen LogP contribution in [0.4, 0.5) is 0 Å². The van der Waals surface area contributed by atoms with Crippen LogP contribution in [0.15, 0.2) is 12.1 Å². The van der Waals surface area contributed by atoms with Crippen molar-refractivity contribution in [3.05, 3.63) is 21.9 Å². The van der Waals surface area contributed by atoms with Crippen LogP contribution in [0.3, 0.4) is 0 Å². The summed E-state index contributed by atoms with van der Waals surface area (Å²) in [6.07, 6.45) is 2.45. The molecule has 0 bridgehead atoms. The molecule has 0 saturated carbocycles. The van der Waals surface area contributed by atoms with Crippen LogP contribution in [0.2, 0.25) is 0 Å². The fourth-order valence-electron chi connectivity index (χ4n) is 1.67. The lowest BCUT2D eigenvalue weighted by Gasteiger charge is -2.30. The van der Waals surface area contributed by atoms with Crippen molar-refractivity contribution in [1.82, 2.24) is 5.32 Å². The Morgan fingerprint density at radius 2 is 1.76 bits per heavy atom. The second kappa shape index (κ2) is 5.53. The minimum atomic E-state index is 0.219. The summed E-state index contributed by atoms with van der Waals surface area (Å²) in [5, 5.41) is 3.61. The Balaban J connectivity index is 2.39. The minimum absolute atomic E-state index is 0.219. The van der Waals surface area contributed by atoms with Crippen molar-refractivity contribution < 1.29 is 0 Å². The number of hydrogen-bond donors (Lipinski definition) is 1. The molecule has 1 aromatic heterocycles. The van der Waals surface area contributed by atoms with Crippen molar-refractivity contribution in [3.63, 3.8) is 0 Å². The van der Waals surface area contributed by atoms with Gasteiger partial charge in [-0.2, -0.15) is 0 Å². The molecule has 1 N–H and O–H groups in total. The van der Waals surface area contributed by atoms with E-state index in [4.69, 9.17) is 0 Å². The van der Waals surface area contributed by atoms with Gasteiger partial charge in [-0.1, -0.05) is 13.8 Å². The molecule has 0 radical (unpaired) electrons. The smallest absolute Gasteiger partial charge is 0.00967 e. The molecule has 1 rings (SSSR count). The normalized spacial score (nSPS) is 13.1. The minimum Gasteiger partial charge on any atom is -0.312 e. The second-order valence-corrected chi connectivity index (χ2v) is 8.15. The van der Waals surface area contributed by atoms with Crippen molar-refractivity contribution in [2.75, 3.05) is 6.54 Å². The predicted octanol–water partition coefficient (Wildman–Crippen LogP) is 4.40. The first-order chi connectivity index (χ1) is 7.68. The molecule has 0 aliphatic rings. The van der Waals surface area contributed by atoms with Crippen LogP contribution in [0.25, 0.3) is 0 Å². The fraction of sp³-hybridized carbons (Fsp3) is 0.733. The summed E-state index contributed by atoms with van der Waals surface area (Å²) in [6, 6.07) is 4.49. The summed E-state index contributed by atoms with van der Waals surface area (Å²) in [7, 11) is 0. The van der Waals surface area contributed by atoms with Crippen molar-refractivity contribution >= 4 is 11.3 Å². The highest BCUT2D eigenvalue weighted by atomic mass is 32.1. The van der Waals surface area contributed by atoms with Gasteiger partial charge in [-0.25, -0.2) is 0 Å². The lowest BCUT2D eigenvalue weighted by atomic mass is 9.86. The van der Waals surface area contributed by atoms with Crippen LogP contribution in [0.1, 0.15) is 50.8 Å². The fourth-order valence-corrected chi connectivity index (χ4v) is 2.56. The van der Waals surface area contributed by atoms with Crippen LogP contribution in [0.5, 0.6) is 0 Å². The van der Waals surface area contributed by atoms with Crippen molar-refractivity contribution in [2.45, 2.75) is 59.9 Å². The molecule has 0 unspecified atom stereocenters. The molecule has 98 valence electrons. The molecular weight excluding hydrogens is 226 g/mol. The third-order valence-electron chi connectivity index (χ3n) is 2.94. The van der Waals surface area contributed by atoms with Gasteiger partial charge in [0.25, 0.3) is 0 Å². The van der Waals surface area contributed by atoms with E-state index in [-0.39, 0.29) is 5.54 Å². The first-order valence-corrected chi connectivity index (χ1v) is 7.30. The Labute approximate surface area is 111 Å². The summed E-state index contributed by atoms with van der Waals surface area (Å²) < 4.78 is 0. The van der Waals surface area contributed by atoms with Crippen LogP contribution >= 0.6 is 11.3 Å². The Hall–Kier alpha value is -0.340. The summed E-state index contributed by atoms with van der Waals surface area (Å²) >= 11 is 1.93. The first kappa shape index (κ1) is 14.7. The van der Waals surface area contributed by atoms with Crippen LogP contribution in [-0.2, 0) is 6.42 Å². The molecule has 0 aliphatic heterocycles. The number of rotatable bonds is 5. The van der Waals surface area contributed by atoms with Gasteiger partial charge < -0.3 is 5.32 Å². The van der Waals surface area contributed by atoms with Crippen LogP contribution < -0.4 is 5.32 Å². The SMILES string of the molecule is Cc1ccc(CCC(C)(C)CNC(C)(C)C)s1. The Bertz CT molecular complexity index is 344. The average Bonchev–Trinajstić information content (AvgIpc) is 2.58. The maximum absolute atomic E-state index is 3.61. The van der Waals surface area contributed by atoms with Crippen molar-refractivity contribution in [1.29, 1.82) is 0 Å². The quantitative estimate of drug-likeness (QED) is 0.820. The van der Waals surface area contributed by atoms with E-state index in [1.54, 1.807) is 0 Å². The summed E-state index contributed by atoms with van der Waals surface area (Å²) in [4.78, 5) is 2.94. The van der Waals surface area contributed by atoms with E-state index in [1.165, 1.54) is 22.6 Å². The molecule has 0 amide bonds. The topological polar surface area (TPSA) is 12.0 Å². The molecule has 0 spiro atoms. The standard InChI is InChI=1S/C15H27NS/c1-12-7-8-13(17-12)9-10-15(5,6)11-16-14(2,3)4/h7-8,16H,9-11H2,1-6H3. The van der Waals surface area contributed by atoms with Gasteiger partial charge >= 0.3 is 0 Å². The number of nitrogens with one attached hydrogen (secondary N) is 1. The number of thiophene rings is 1. The van der Waals surface area contributed by atoms with E-state index >= 15 is 0 Å². The molecular formula is C15H27NS. The summed E-state index contributed by atoms with van der Waals surface area (Å²) in [6.45, 7) is 14.7. The highest BCUT2D eigenvalue weighted by Gasteiger charge is 2.20. The maximum atomic E-state index is 3.61. The van der Waals surface area contributed by atoms with Gasteiger partial charge in [0.15, 0.2) is 0 Å². The zero-order chi connectivity index (χ0) is 13.1. The number of aryl methyl sites for hydroxylation is 2. The largest absolute Gasteiger partial charge is 0.312 e. The second-order valence-electron chi connectivity index (χ2n) is 6.78. The molecule has 1 aromatic rings. The average molecular weight is 253 g/mol. The van der Waals surface area contributed by atoms with Gasteiger partial charge in [0.1, 0.15) is 0 Å². The Morgan fingerprint density at radius 1 is 1.12 bits per heavy atom. The van der Waals surface area contributed by atoms with E-state index in [1.807, 2.05) is 11.3 Å². The zero-order valence-electron chi connectivity index (χ0n) is 12.2. The van der Waals surface area contributed by atoms with Gasteiger partial charge in [0.2, 0.25) is 0 Å². The molecule has 0 saturated heterocycles. The highest BCUT2D eigenvalue weighted by Crippen LogP contribution is 2.25. The van der Waals surface area contributed by atoms with E-state index in [0.717, 1.165) is 6.54 Å². The van der Waals surface area contributed by atoms with Crippen molar-refractivity contribution in [3.8, 4) is 0 Å². The Morgan fingerprint density at radius 3 is 2.24 bits per heavy atom. The van der Waals surface area contributed by atoms with Gasteiger partial charge in [-0.05, 0) is 58.1 Å². The predicted molar refractivity (Wildman–Crippen MR) is 78.9 cm³/mol. The molecule has 0 atom stereocenters. The number of hydrogen-bond acceptors (Lipinski definition) is 2. The van der Waals surface area contributed by atoms with E-state index < -0.39 is 0 Å². The molecule has 17 heavy (non-hydrogen) atoms. The zero-order valence-corrected chi connectivity index (χ0v) is 13.0. The highest BCUT2D eigenvalue weighted by molar-refractivity contribution is 7.11. The third kappa shape index (κ3) is 6.23. The summed E-state index contributed by atoms with van der Waals surface area (Å²) in [5.41, 5.74) is 0.585. The molecule has 0 fully saturated rings. The van der Waals surface area contributed by atoms with E-state index in [9.17, 15) is 0 Å². The van der Waals surface area contributed by atoms with Gasteiger partial charge in [0, 0.05) is 21.8 Å². The molecule has 1 heterocycles. The summed E-state index contributed by atoms with van der Waals surface area (Å²) in [5.74, 6) is 0. The van der Waals surface area contributed by atoms with Crippen molar-refractivity contribution in [2.24, 2.45) is 5.41 Å². The molecule has 2 heteroatoms. The van der Waals surface area contributed by atoms with E-state index in [2.05, 4.69) is 59.0 Å². The first-order valence-electron chi connectivity index (χ1n) is 6.48. The van der Waals surface area contributed by atoms with Gasteiger partial charge in [-0.3, -0.25) is 0 Å². The molecule has 0 aromatic carbocycles. The molecule has 0 aliphatic carbocycles. The third-order valence-corrected chi connectivity index (χ3v) is 4.00. The monoisotopic (exact) mass is 253 g/mol. The lowest BCUT2D eigenvalue weighted by molar-refractivity contribution is 0.274. The lowest BCUT2D eigenvalue weighted by Crippen LogP contribution is -2.42.